The van der Waals surface area contributed by atoms with Crippen LogP contribution in [-0.4, -0.2) is 15.9 Å². The third kappa shape index (κ3) is 3.06. The summed E-state index contributed by atoms with van der Waals surface area (Å²) in [6, 6.07) is 12.6. The maximum atomic E-state index is 12.4. The van der Waals surface area contributed by atoms with Gasteiger partial charge in [0.05, 0.1) is 16.5 Å². The smallest absolute Gasteiger partial charge is 0.339 e. The number of benzene rings is 2. The molecule has 0 aliphatic rings. The van der Waals surface area contributed by atoms with Crippen molar-refractivity contribution in [2.24, 2.45) is 0 Å². The van der Waals surface area contributed by atoms with E-state index in [-0.39, 0.29) is 5.56 Å². The van der Waals surface area contributed by atoms with Gasteiger partial charge in [-0.3, -0.25) is 4.79 Å². The minimum atomic E-state index is -0.657. The number of para-hydroxylation sites is 1. The Bertz CT molecular complexity index is 976. The van der Waals surface area contributed by atoms with Crippen molar-refractivity contribution in [3.8, 4) is 0 Å². The lowest BCUT2D eigenvalue weighted by Gasteiger charge is -2.14. The fraction of sp³-hybridized carbons (Fsp3) is 0.211. The van der Waals surface area contributed by atoms with E-state index in [0.29, 0.717) is 22.3 Å². The molecule has 3 aromatic rings. The Morgan fingerprint density at radius 3 is 2.67 bits per heavy atom. The number of aromatic amines is 1. The fourth-order valence-corrected chi connectivity index (χ4v) is 2.62. The molecular formula is C19H18N2O3. The predicted molar refractivity (Wildman–Crippen MR) is 92.1 cm³/mol. The highest BCUT2D eigenvalue weighted by Crippen LogP contribution is 2.18. The molecular weight excluding hydrogens is 304 g/mol. The summed E-state index contributed by atoms with van der Waals surface area (Å²) < 4.78 is 5.48. The molecule has 0 saturated heterocycles. The molecule has 0 saturated carbocycles. The number of carbonyl (C=O) groups is 1. The maximum absolute atomic E-state index is 12.4. The number of rotatable bonds is 3. The van der Waals surface area contributed by atoms with Gasteiger partial charge in [0.15, 0.2) is 11.9 Å². The van der Waals surface area contributed by atoms with E-state index in [0.717, 1.165) is 11.1 Å². The maximum Gasteiger partial charge on any atom is 0.339 e. The van der Waals surface area contributed by atoms with Crippen molar-refractivity contribution >= 4 is 16.9 Å². The first-order valence-corrected chi connectivity index (χ1v) is 7.73. The summed E-state index contributed by atoms with van der Waals surface area (Å²) in [6.45, 7) is 5.52. The topological polar surface area (TPSA) is 72.0 Å². The first-order valence-electron chi connectivity index (χ1n) is 7.73. The molecule has 0 radical (unpaired) electrons. The van der Waals surface area contributed by atoms with E-state index in [1.807, 2.05) is 32.0 Å². The Labute approximate surface area is 139 Å². The van der Waals surface area contributed by atoms with Crippen LogP contribution in [0.15, 0.2) is 47.3 Å². The van der Waals surface area contributed by atoms with Gasteiger partial charge in [0.2, 0.25) is 0 Å². The zero-order valence-corrected chi connectivity index (χ0v) is 13.8. The standard InChI is InChI=1S/C19H18N2O3/c1-11-8-9-14(12(2)10-11)19(23)24-13(3)17-20-16-7-5-4-6-15(16)18(22)21-17/h4-10,13H,1-3H3,(H,20,21,22)/t13-/m0/s1. The van der Waals surface area contributed by atoms with E-state index in [1.54, 1.807) is 31.2 Å². The molecule has 1 aromatic heterocycles. The molecule has 0 amide bonds. The molecule has 24 heavy (non-hydrogen) atoms. The zero-order chi connectivity index (χ0) is 17.3. The number of nitrogens with zero attached hydrogens (tertiary/aromatic N) is 1. The number of hydrogen-bond donors (Lipinski definition) is 1. The molecule has 2 aromatic carbocycles. The second-order valence-corrected chi connectivity index (χ2v) is 5.83. The fourth-order valence-electron chi connectivity index (χ4n) is 2.62. The average molecular weight is 322 g/mol. The highest BCUT2D eigenvalue weighted by molar-refractivity contribution is 5.91. The van der Waals surface area contributed by atoms with Gasteiger partial charge in [-0.15, -0.1) is 0 Å². The van der Waals surface area contributed by atoms with Crippen LogP contribution in [-0.2, 0) is 4.74 Å². The van der Waals surface area contributed by atoms with Gasteiger partial charge in [0.1, 0.15) is 0 Å². The van der Waals surface area contributed by atoms with Crippen LogP contribution in [0.3, 0.4) is 0 Å². The predicted octanol–water partition coefficient (Wildman–Crippen LogP) is 3.46. The molecule has 0 spiro atoms. The number of nitrogens with one attached hydrogen (secondary N) is 1. The van der Waals surface area contributed by atoms with E-state index < -0.39 is 12.1 Å². The monoisotopic (exact) mass is 322 g/mol. The van der Waals surface area contributed by atoms with Gasteiger partial charge in [-0.25, -0.2) is 9.78 Å². The molecule has 0 aliphatic heterocycles. The van der Waals surface area contributed by atoms with Gasteiger partial charge in [0.25, 0.3) is 5.56 Å². The minimum absolute atomic E-state index is 0.245. The van der Waals surface area contributed by atoms with Crippen molar-refractivity contribution in [3.63, 3.8) is 0 Å². The number of fused-ring (bicyclic) bond motifs is 1. The Kier molecular flexibility index (Phi) is 4.16. The van der Waals surface area contributed by atoms with Crippen molar-refractivity contribution in [1.29, 1.82) is 0 Å². The van der Waals surface area contributed by atoms with Crippen molar-refractivity contribution in [2.45, 2.75) is 26.9 Å². The molecule has 1 heterocycles. The number of carbonyl (C=O) groups excluding carboxylic acids is 1. The molecule has 0 fully saturated rings. The van der Waals surface area contributed by atoms with Gasteiger partial charge >= 0.3 is 5.97 Å². The Morgan fingerprint density at radius 1 is 1.17 bits per heavy atom. The van der Waals surface area contributed by atoms with Gasteiger partial charge in [-0.05, 0) is 44.5 Å². The first-order chi connectivity index (χ1) is 11.5. The Hall–Kier alpha value is -2.95. The molecule has 0 bridgehead atoms. The summed E-state index contributed by atoms with van der Waals surface area (Å²) in [4.78, 5) is 31.6. The van der Waals surface area contributed by atoms with E-state index in [2.05, 4.69) is 9.97 Å². The summed E-state index contributed by atoms with van der Waals surface area (Å²) in [5, 5.41) is 0.508. The number of aromatic nitrogens is 2. The lowest BCUT2D eigenvalue weighted by molar-refractivity contribution is 0.0319. The van der Waals surface area contributed by atoms with Crippen LogP contribution in [0.1, 0.15) is 40.3 Å². The van der Waals surface area contributed by atoms with Crippen LogP contribution in [0.25, 0.3) is 10.9 Å². The molecule has 5 heteroatoms. The summed E-state index contributed by atoms with van der Waals surface area (Å²) in [7, 11) is 0. The van der Waals surface area contributed by atoms with Crippen molar-refractivity contribution in [1.82, 2.24) is 9.97 Å². The van der Waals surface area contributed by atoms with E-state index in [1.165, 1.54) is 0 Å². The van der Waals surface area contributed by atoms with Crippen molar-refractivity contribution < 1.29 is 9.53 Å². The molecule has 1 N–H and O–H groups in total. The highest BCUT2D eigenvalue weighted by Gasteiger charge is 2.18. The lowest BCUT2D eigenvalue weighted by Crippen LogP contribution is -2.17. The average Bonchev–Trinajstić information content (AvgIpc) is 2.54. The van der Waals surface area contributed by atoms with Gasteiger partial charge < -0.3 is 9.72 Å². The van der Waals surface area contributed by atoms with Crippen LogP contribution in [0.5, 0.6) is 0 Å². The third-order valence-corrected chi connectivity index (χ3v) is 3.90. The summed E-state index contributed by atoms with van der Waals surface area (Å²) in [5.74, 6) is -0.104. The molecule has 1 atom stereocenters. The Morgan fingerprint density at radius 2 is 1.92 bits per heavy atom. The van der Waals surface area contributed by atoms with Gasteiger partial charge in [-0.1, -0.05) is 29.8 Å². The molecule has 0 unspecified atom stereocenters. The molecule has 5 nitrogen and oxygen atoms in total. The normalized spacial score (nSPS) is 12.1. The van der Waals surface area contributed by atoms with E-state index in [4.69, 9.17) is 4.74 Å². The van der Waals surface area contributed by atoms with Crippen LogP contribution in [0.4, 0.5) is 0 Å². The number of H-pyrrole nitrogens is 1. The lowest BCUT2D eigenvalue weighted by atomic mass is 10.1. The van der Waals surface area contributed by atoms with E-state index >= 15 is 0 Å². The molecule has 122 valence electrons. The second-order valence-electron chi connectivity index (χ2n) is 5.83. The highest BCUT2D eigenvalue weighted by atomic mass is 16.5. The number of esters is 1. The molecule has 0 aliphatic carbocycles. The number of ether oxygens (including phenoxy) is 1. The minimum Gasteiger partial charge on any atom is -0.451 e. The van der Waals surface area contributed by atoms with Crippen LogP contribution < -0.4 is 5.56 Å². The first kappa shape index (κ1) is 15.9. The SMILES string of the molecule is Cc1ccc(C(=O)O[C@@H](C)c2nc3ccccc3c(=O)[nH]2)c(C)c1. The largest absolute Gasteiger partial charge is 0.451 e. The van der Waals surface area contributed by atoms with Crippen LogP contribution in [0, 0.1) is 13.8 Å². The third-order valence-electron chi connectivity index (χ3n) is 3.90. The van der Waals surface area contributed by atoms with Crippen molar-refractivity contribution in [2.75, 3.05) is 0 Å². The number of hydrogen-bond acceptors (Lipinski definition) is 4. The second kappa shape index (κ2) is 6.28. The van der Waals surface area contributed by atoms with Crippen LogP contribution >= 0.6 is 0 Å². The van der Waals surface area contributed by atoms with Crippen LogP contribution in [0.2, 0.25) is 0 Å². The van der Waals surface area contributed by atoms with E-state index in [9.17, 15) is 9.59 Å². The Balaban J connectivity index is 1.88. The van der Waals surface area contributed by atoms with Crippen molar-refractivity contribution in [3.05, 3.63) is 75.3 Å². The molecule has 3 rings (SSSR count). The quantitative estimate of drug-likeness (QED) is 0.750. The summed E-state index contributed by atoms with van der Waals surface area (Å²) in [6.07, 6.45) is -0.657. The summed E-state index contributed by atoms with van der Waals surface area (Å²) in [5.41, 5.74) is 2.77. The van der Waals surface area contributed by atoms with Gasteiger partial charge in [-0.2, -0.15) is 0 Å². The zero-order valence-electron chi connectivity index (χ0n) is 13.8. The van der Waals surface area contributed by atoms with Gasteiger partial charge in [0, 0.05) is 0 Å². The number of aryl methyl sites for hydroxylation is 2. The summed E-state index contributed by atoms with van der Waals surface area (Å²) >= 11 is 0.